The van der Waals surface area contributed by atoms with Gasteiger partial charge in [-0.05, 0) is 0 Å². The molecule has 0 aromatic rings. The summed E-state index contributed by atoms with van der Waals surface area (Å²) in [6.07, 6.45) is 0. The fourth-order valence-electron chi connectivity index (χ4n) is 0.309. The Morgan fingerprint density at radius 2 is 1.89 bits per heavy atom. The minimum absolute atomic E-state index is 0. The Hall–Kier alpha value is 1.36. The van der Waals surface area contributed by atoms with Gasteiger partial charge in [0.2, 0.25) is 0 Å². The molecule has 0 fully saturated rings. The predicted molar refractivity (Wildman–Crippen MR) is 38.3 cm³/mol. The molecule has 0 aliphatic rings. The van der Waals surface area contributed by atoms with Crippen molar-refractivity contribution in [3.05, 3.63) is 0 Å². The van der Waals surface area contributed by atoms with Gasteiger partial charge in [-0.15, -0.1) is 0 Å². The molecule has 1 N–H and O–H groups in total. The molecule has 0 saturated heterocycles. The van der Waals surface area contributed by atoms with Gasteiger partial charge >= 0.3 is 45.5 Å². The van der Waals surface area contributed by atoms with E-state index in [0.717, 1.165) is 0 Å². The molecule has 0 aliphatic carbocycles. The molecule has 0 rings (SSSR count). The van der Waals surface area contributed by atoms with Gasteiger partial charge in [0.15, 0.2) is 0 Å². The van der Waals surface area contributed by atoms with Crippen molar-refractivity contribution in [2.75, 3.05) is 33.5 Å². The fourth-order valence-corrected chi connectivity index (χ4v) is 0.309. The van der Waals surface area contributed by atoms with Gasteiger partial charge in [-0.1, -0.05) is 0 Å². The first-order chi connectivity index (χ1) is 3.91. The summed E-state index contributed by atoms with van der Waals surface area (Å²) >= 11 is 0. The van der Waals surface area contributed by atoms with E-state index in [4.69, 9.17) is 9.84 Å². The number of hydrogen-bond donors (Lipinski definition) is 1. The number of rotatable bonds is 5. The van der Waals surface area contributed by atoms with E-state index in [1.54, 1.807) is 7.11 Å². The van der Waals surface area contributed by atoms with Crippen LogP contribution in [0.15, 0.2) is 0 Å². The molecular formula is C5H14O3Sr. The molecule has 0 spiro atoms. The van der Waals surface area contributed by atoms with Crippen LogP contribution in [0, 0.1) is 0 Å². The maximum atomic E-state index is 8.20. The number of ether oxygens (including phenoxy) is 2. The Balaban J connectivity index is 0. The summed E-state index contributed by atoms with van der Waals surface area (Å²) in [7, 11) is 1.61. The van der Waals surface area contributed by atoms with Crippen molar-refractivity contribution in [1.29, 1.82) is 0 Å². The molecule has 54 valence electrons. The number of hydrogen-bond acceptors (Lipinski definition) is 3. The predicted octanol–water partition coefficient (Wildman–Crippen LogP) is -1.27. The minimum atomic E-state index is 0. The molecule has 0 aromatic carbocycles. The van der Waals surface area contributed by atoms with Crippen molar-refractivity contribution in [1.82, 2.24) is 0 Å². The zero-order chi connectivity index (χ0) is 6.24. The number of aliphatic hydroxyl groups is 1. The molecule has 9 heavy (non-hydrogen) atoms. The first-order valence-electron chi connectivity index (χ1n) is 2.59. The Bertz CT molecular complexity index is 37.2. The molecule has 3 nitrogen and oxygen atoms in total. The van der Waals surface area contributed by atoms with Crippen LogP contribution in [0.5, 0.6) is 0 Å². The second-order valence-corrected chi connectivity index (χ2v) is 1.33. The van der Waals surface area contributed by atoms with Crippen LogP contribution in [0.2, 0.25) is 0 Å². The maximum absolute atomic E-state index is 8.20. The van der Waals surface area contributed by atoms with Crippen molar-refractivity contribution >= 4 is 45.5 Å². The van der Waals surface area contributed by atoms with Gasteiger partial charge in [-0.2, -0.15) is 0 Å². The number of aliphatic hydroxyl groups excluding tert-OH is 1. The van der Waals surface area contributed by atoms with Crippen molar-refractivity contribution in [3.8, 4) is 0 Å². The Kier molecular flexibility index (Phi) is 17.4. The Morgan fingerprint density at radius 3 is 2.33 bits per heavy atom. The van der Waals surface area contributed by atoms with E-state index in [1.165, 1.54) is 0 Å². The van der Waals surface area contributed by atoms with Gasteiger partial charge in [0, 0.05) is 7.11 Å². The molecule has 0 radical (unpaired) electrons. The van der Waals surface area contributed by atoms with Gasteiger partial charge < -0.3 is 14.6 Å². The summed E-state index contributed by atoms with van der Waals surface area (Å²) in [5, 5.41) is 8.20. The number of methoxy groups -OCH3 is 1. The van der Waals surface area contributed by atoms with Crippen LogP contribution in [-0.2, 0) is 9.47 Å². The van der Waals surface area contributed by atoms with Gasteiger partial charge in [-0.25, -0.2) is 0 Å². The van der Waals surface area contributed by atoms with Crippen LogP contribution in [0.4, 0.5) is 0 Å². The summed E-state index contributed by atoms with van der Waals surface area (Å²) < 4.78 is 9.53. The van der Waals surface area contributed by atoms with Crippen LogP contribution in [0.3, 0.4) is 0 Å². The van der Waals surface area contributed by atoms with E-state index in [-0.39, 0.29) is 52.1 Å². The summed E-state index contributed by atoms with van der Waals surface area (Å²) in [6, 6.07) is 0. The van der Waals surface area contributed by atoms with Crippen LogP contribution in [-0.4, -0.2) is 84.1 Å². The quantitative estimate of drug-likeness (QED) is 0.453. The summed E-state index contributed by atoms with van der Waals surface area (Å²) in [4.78, 5) is 0. The summed E-state index contributed by atoms with van der Waals surface area (Å²) in [5.41, 5.74) is 0. The SMILES string of the molecule is COCCOCCO.[SrH2]. The normalized spacial score (nSPS) is 8.67. The van der Waals surface area contributed by atoms with Crippen molar-refractivity contribution in [2.24, 2.45) is 0 Å². The van der Waals surface area contributed by atoms with Gasteiger partial charge in [-0.3, -0.25) is 0 Å². The Morgan fingerprint density at radius 1 is 1.22 bits per heavy atom. The first kappa shape index (κ1) is 13.0. The molecule has 0 heterocycles. The fraction of sp³-hybridized carbons (Fsp3) is 1.00. The van der Waals surface area contributed by atoms with E-state index in [2.05, 4.69) is 4.74 Å². The van der Waals surface area contributed by atoms with Gasteiger partial charge in [0.25, 0.3) is 0 Å². The van der Waals surface area contributed by atoms with E-state index < -0.39 is 0 Å². The molecule has 0 aliphatic heterocycles. The molecule has 0 atom stereocenters. The third kappa shape index (κ3) is 12.5. The first-order valence-corrected chi connectivity index (χ1v) is 2.59. The molecule has 4 heteroatoms. The van der Waals surface area contributed by atoms with E-state index in [1.807, 2.05) is 0 Å². The van der Waals surface area contributed by atoms with Crippen molar-refractivity contribution < 1.29 is 14.6 Å². The van der Waals surface area contributed by atoms with Gasteiger partial charge in [0.05, 0.1) is 26.4 Å². The average molecular weight is 210 g/mol. The molecule has 0 amide bonds. The molecule has 0 aromatic heterocycles. The topological polar surface area (TPSA) is 38.7 Å². The third-order valence-corrected chi connectivity index (χ3v) is 0.667. The zero-order valence-corrected chi connectivity index (χ0v) is 5.09. The van der Waals surface area contributed by atoms with Crippen molar-refractivity contribution in [3.63, 3.8) is 0 Å². The van der Waals surface area contributed by atoms with Gasteiger partial charge in [0.1, 0.15) is 0 Å². The standard InChI is InChI=1S/C5H12O3.Sr.2H/c1-7-4-5-8-3-2-6;;;/h6H,2-5H2,1H3;;;. The third-order valence-electron chi connectivity index (χ3n) is 0.667. The monoisotopic (exact) mass is 210 g/mol. The van der Waals surface area contributed by atoms with E-state index in [0.29, 0.717) is 19.8 Å². The van der Waals surface area contributed by atoms with E-state index >= 15 is 0 Å². The Labute approximate surface area is 92.6 Å². The molecular weight excluding hydrogens is 196 g/mol. The molecule has 0 saturated carbocycles. The summed E-state index contributed by atoms with van der Waals surface area (Å²) in [6.45, 7) is 1.66. The van der Waals surface area contributed by atoms with Crippen LogP contribution in [0.25, 0.3) is 0 Å². The average Bonchev–Trinajstić information content (AvgIpc) is 1.81. The van der Waals surface area contributed by atoms with E-state index in [9.17, 15) is 0 Å². The van der Waals surface area contributed by atoms with Crippen LogP contribution in [0.1, 0.15) is 0 Å². The van der Waals surface area contributed by atoms with Crippen LogP contribution >= 0.6 is 0 Å². The molecule has 0 unspecified atom stereocenters. The van der Waals surface area contributed by atoms with Crippen LogP contribution < -0.4 is 0 Å². The zero-order valence-electron chi connectivity index (χ0n) is 5.09. The van der Waals surface area contributed by atoms with Crippen molar-refractivity contribution in [2.45, 2.75) is 0 Å². The molecule has 0 bridgehead atoms. The second-order valence-electron chi connectivity index (χ2n) is 1.33. The second kappa shape index (κ2) is 12.1. The summed E-state index contributed by atoms with van der Waals surface area (Å²) in [5.74, 6) is 0.